The number of anilines is 1. The fourth-order valence-electron chi connectivity index (χ4n) is 3.26. The van der Waals surface area contributed by atoms with Crippen molar-refractivity contribution in [1.82, 2.24) is 9.97 Å². The van der Waals surface area contributed by atoms with E-state index in [1.165, 1.54) is 12.8 Å². The Hall–Kier alpha value is -1.20. The van der Waals surface area contributed by atoms with Crippen molar-refractivity contribution in [2.24, 2.45) is 23.6 Å². The molecular weight excluding hydrogens is 264 g/mol. The maximum absolute atomic E-state index is 6.17. The number of hydrogen-bond donors (Lipinski definition) is 2. The topological polar surface area (TPSA) is 73.1 Å². The van der Waals surface area contributed by atoms with E-state index in [1.54, 1.807) is 0 Å². The molecule has 1 aliphatic rings. The van der Waals surface area contributed by atoms with Crippen molar-refractivity contribution in [3.8, 4) is 0 Å². The number of nitrogen functional groups attached to an aromatic ring is 1. The number of nitrogens with zero attached hydrogens (tertiary/aromatic N) is 2. The predicted molar refractivity (Wildman–Crippen MR) is 84.5 cm³/mol. The van der Waals surface area contributed by atoms with Crippen LogP contribution in [0, 0.1) is 24.7 Å². The Labute approximate surface area is 127 Å². The van der Waals surface area contributed by atoms with E-state index >= 15 is 0 Å². The first-order chi connectivity index (χ1) is 9.99. The molecule has 1 fully saturated rings. The van der Waals surface area contributed by atoms with Gasteiger partial charge in [0.05, 0.1) is 6.10 Å². The Morgan fingerprint density at radius 3 is 2.81 bits per heavy atom. The molecule has 0 saturated heterocycles. The van der Waals surface area contributed by atoms with Gasteiger partial charge in [-0.1, -0.05) is 27.2 Å². The van der Waals surface area contributed by atoms with Gasteiger partial charge in [0.15, 0.2) is 5.82 Å². The fraction of sp³-hybridized carbons (Fsp3) is 0.750. The van der Waals surface area contributed by atoms with Crippen LogP contribution in [-0.2, 0) is 11.3 Å². The van der Waals surface area contributed by atoms with Crippen molar-refractivity contribution in [3.05, 3.63) is 17.6 Å². The average Bonchev–Trinajstić information content (AvgIpc) is 2.44. The SMILES string of the molecule is Cc1cc(NN)nc(COC2CC(C)CCC2C(C)C)n1. The zero-order valence-electron chi connectivity index (χ0n) is 13.6. The summed E-state index contributed by atoms with van der Waals surface area (Å²) in [6.07, 6.45) is 4.02. The van der Waals surface area contributed by atoms with Gasteiger partial charge in [-0.3, -0.25) is 0 Å². The Kier molecular flexibility index (Phi) is 5.53. The largest absolute Gasteiger partial charge is 0.370 e. The van der Waals surface area contributed by atoms with Gasteiger partial charge in [0, 0.05) is 11.8 Å². The molecule has 1 heterocycles. The first kappa shape index (κ1) is 16.2. The van der Waals surface area contributed by atoms with Crippen molar-refractivity contribution in [2.45, 2.75) is 59.7 Å². The van der Waals surface area contributed by atoms with Gasteiger partial charge in [-0.15, -0.1) is 0 Å². The van der Waals surface area contributed by atoms with E-state index in [-0.39, 0.29) is 0 Å². The third-order valence-electron chi connectivity index (χ3n) is 4.44. The smallest absolute Gasteiger partial charge is 0.156 e. The van der Waals surface area contributed by atoms with Gasteiger partial charge in [0.1, 0.15) is 12.4 Å². The van der Waals surface area contributed by atoms with Gasteiger partial charge in [0.2, 0.25) is 0 Å². The second-order valence-electron chi connectivity index (χ2n) is 6.63. The van der Waals surface area contributed by atoms with Crippen LogP contribution < -0.4 is 11.3 Å². The molecular formula is C16H28N4O. The van der Waals surface area contributed by atoms with E-state index in [4.69, 9.17) is 10.6 Å². The summed E-state index contributed by atoms with van der Waals surface area (Å²) >= 11 is 0. The lowest BCUT2D eigenvalue weighted by molar-refractivity contribution is -0.0494. The molecule has 5 nitrogen and oxygen atoms in total. The highest BCUT2D eigenvalue weighted by Gasteiger charge is 2.31. The molecule has 3 unspecified atom stereocenters. The van der Waals surface area contributed by atoms with Crippen LogP contribution in [0.1, 0.15) is 51.6 Å². The minimum absolute atomic E-state index is 0.312. The number of aryl methyl sites for hydroxylation is 1. The maximum atomic E-state index is 6.17. The lowest BCUT2D eigenvalue weighted by atomic mass is 9.75. The van der Waals surface area contributed by atoms with Gasteiger partial charge in [-0.25, -0.2) is 15.8 Å². The number of hydrogen-bond acceptors (Lipinski definition) is 5. The van der Waals surface area contributed by atoms with E-state index in [9.17, 15) is 0 Å². The number of rotatable bonds is 5. The molecule has 21 heavy (non-hydrogen) atoms. The third-order valence-corrected chi connectivity index (χ3v) is 4.44. The Balaban J connectivity index is 2.01. The quantitative estimate of drug-likeness (QED) is 0.644. The molecule has 5 heteroatoms. The highest BCUT2D eigenvalue weighted by atomic mass is 16.5. The molecule has 118 valence electrons. The van der Waals surface area contributed by atoms with Crippen molar-refractivity contribution in [3.63, 3.8) is 0 Å². The number of nitrogens with one attached hydrogen (secondary N) is 1. The Morgan fingerprint density at radius 2 is 2.14 bits per heavy atom. The second kappa shape index (κ2) is 7.18. The molecule has 0 bridgehead atoms. The van der Waals surface area contributed by atoms with Crippen LogP contribution >= 0.6 is 0 Å². The number of nitrogens with two attached hydrogens (primary N) is 1. The zero-order valence-corrected chi connectivity index (χ0v) is 13.6. The molecule has 0 radical (unpaired) electrons. The summed E-state index contributed by atoms with van der Waals surface area (Å²) in [7, 11) is 0. The Morgan fingerprint density at radius 1 is 1.38 bits per heavy atom. The number of aromatic nitrogens is 2. The normalized spacial score (nSPS) is 26.1. The first-order valence-electron chi connectivity index (χ1n) is 7.92. The third kappa shape index (κ3) is 4.38. The summed E-state index contributed by atoms with van der Waals surface area (Å²) in [6, 6.07) is 1.82. The molecule has 0 aromatic carbocycles. The second-order valence-corrected chi connectivity index (χ2v) is 6.63. The van der Waals surface area contributed by atoms with Crippen LogP contribution in [0.15, 0.2) is 6.07 Å². The van der Waals surface area contributed by atoms with Crippen LogP contribution in [-0.4, -0.2) is 16.1 Å². The monoisotopic (exact) mass is 292 g/mol. The molecule has 0 aliphatic heterocycles. The fourth-order valence-corrected chi connectivity index (χ4v) is 3.26. The number of ether oxygens (including phenoxy) is 1. The van der Waals surface area contributed by atoms with E-state index in [2.05, 4.69) is 36.2 Å². The molecule has 1 aliphatic carbocycles. The van der Waals surface area contributed by atoms with Crippen LogP contribution in [0.25, 0.3) is 0 Å². The zero-order chi connectivity index (χ0) is 15.4. The molecule has 1 aromatic heterocycles. The molecule has 3 N–H and O–H groups in total. The summed E-state index contributed by atoms with van der Waals surface area (Å²) in [5.74, 6) is 8.79. The summed E-state index contributed by atoms with van der Waals surface area (Å²) < 4.78 is 6.17. The first-order valence-corrected chi connectivity index (χ1v) is 7.92. The molecule has 3 atom stereocenters. The van der Waals surface area contributed by atoms with Gasteiger partial charge in [-0.2, -0.15) is 0 Å². The van der Waals surface area contributed by atoms with Crippen LogP contribution in [0.4, 0.5) is 5.82 Å². The van der Waals surface area contributed by atoms with Gasteiger partial charge < -0.3 is 10.2 Å². The molecule has 0 spiro atoms. The highest BCUT2D eigenvalue weighted by Crippen LogP contribution is 2.35. The summed E-state index contributed by atoms with van der Waals surface area (Å²) in [6.45, 7) is 9.28. The average molecular weight is 292 g/mol. The van der Waals surface area contributed by atoms with E-state index in [1.807, 2.05) is 13.0 Å². The van der Waals surface area contributed by atoms with E-state index < -0.39 is 0 Å². The lowest BCUT2D eigenvalue weighted by Crippen LogP contribution is -2.34. The van der Waals surface area contributed by atoms with Gasteiger partial charge >= 0.3 is 0 Å². The van der Waals surface area contributed by atoms with Crippen molar-refractivity contribution < 1.29 is 4.74 Å². The van der Waals surface area contributed by atoms with Crippen molar-refractivity contribution in [2.75, 3.05) is 5.43 Å². The van der Waals surface area contributed by atoms with Crippen LogP contribution in [0.3, 0.4) is 0 Å². The summed E-state index contributed by atoms with van der Waals surface area (Å²) in [5.41, 5.74) is 3.47. The number of hydrazine groups is 1. The lowest BCUT2D eigenvalue weighted by Gasteiger charge is -2.37. The summed E-state index contributed by atoms with van der Waals surface area (Å²) in [4.78, 5) is 8.78. The van der Waals surface area contributed by atoms with Crippen LogP contribution in [0.2, 0.25) is 0 Å². The minimum Gasteiger partial charge on any atom is -0.370 e. The van der Waals surface area contributed by atoms with E-state index in [0.29, 0.717) is 36.2 Å². The molecule has 0 amide bonds. The predicted octanol–water partition coefficient (Wildman–Crippen LogP) is 3.05. The van der Waals surface area contributed by atoms with Gasteiger partial charge in [0.25, 0.3) is 0 Å². The molecule has 2 rings (SSSR count). The van der Waals surface area contributed by atoms with E-state index in [0.717, 1.165) is 18.0 Å². The van der Waals surface area contributed by atoms with Crippen molar-refractivity contribution in [1.29, 1.82) is 0 Å². The van der Waals surface area contributed by atoms with Gasteiger partial charge in [-0.05, 0) is 37.5 Å². The summed E-state index contributed by atoms with van der Waals surface area (Å²) in [5, 5.41) is 0. The van der Waals surface area contributed by atoms with Crippen LogP contribution in [0.5, 0.6) is 0 Å². The molecule has 1 saturated carbocycles. The highest BCUT2D eigenvalue weighted by molar-refractivity contribution is 5.33. The van der Waals surface area contributed by atoms with Crippen molar-refractivity contribution >= 4 is 5.82 Å². The minimum atomic E-state index is 0.312. The maximum Gasteiger partial charge on any atom is 0.156 e. The Bertz CT molecular complexity index is 464. The molecule has 1 aromatic rings. The standard InChI is InChI=1S/C16H28N4O/c1-10(2)13-6-5-11(3)7-14(13)21-9-16-18-12(4)8-15(19-16)20-17/h8,10-11,13-14H,5-7,9,17H2,1-4H3,(H,18,19,20).